The van der Waals surface area contributed by atoms with Gasteiger partial charge in [0, 0.05) is 20.1 Å². The summed E-state index contributed by atoms with van der Waals surface area (Å²) in [6.07, 6.45) is 15.7. The van der Waals surface area contributed by atoms with Crippen molar-refractivity contribution < 1.29 is 0 Å². The van der Waals surface area contributed by atoms with Gasteiger partial charge in [0.15, 0.2) is 0 Å². The summed E-state index contributed by atoms with van der Waals surface area (Å²) in [5, 5.41) is 4.96. The molecule has 0 atom stereocenters. The van der Waals surface area contributed by atoms with E-state index in [1.807, 2.05) is 0 Å². The molecule has 6 rings (SSSR count). The highest BCUT2D eigenvalue weighted by atomic mass is 127. The predicted molar refractivity (Wildman–Crippen MR) is 200 cm³/mol. The highest BCUT2D eigenvalue weighted by Crippen LogP contribution is 2.54. The van der Waals surface area contributed by atoms with Crippen molar-refractivity contribution in [2.75, 3.05) is 0 Å². The molecule has 0 saturated carbocycles. The van der Waals surface area contributed by atoms with Crippen molar-refractivity contribution in [2.45, 2.75) is 96.3 Å². The van der Waals surface area contributed by atoms with Crippen LogP contribution in [-0.4, -0.2) is 0 Å². The minimum absolute atomic E-state index is 0.0775. The second kappa shape index (κ2) is 14.3. The molecule has 1 heteroatoms. The lowest BCUT2D eigenvalue weighted by Crippen LogP contribution is -2.26. The van der Waals surface area contributed by atoms with Gasteiger partial charge in [0.2, 0.25) is 0 Å². The summed E-state index contributed by atoms with van der Waals surface area (Å²) >= 11 is 2.52. The Labute approximate surface area is 278 Å². The van der Waals surface area contributed by atoms with Crippen LogP contribution in [0, 0.1) is 15.4 Å². The van der Waals surface area contributed by atoms with Crippen molar-refractivity contribution in [1.82, 2.24) is 0 Å². The first-order chi connectivity index (χ1) is 21.6. The molecule has 0 heterocycles. The number of unbranched alkanes of at least 4 members (excludes halogenated alkanes) is 8. The van der Waals surface area contributed by atoms with Gasteiger partial charge in [-0.1, -0.05) is 151 Å². The van der Waals surface area contributed by atoms with E-state index < -0.39 is 0 Å². The molecule has 1 aliphatic rings. The summed E-state index contributed by atoms with van der Waals surface area (Å²) in [4.78, 5) is 0. The number of rotatable bonds is 12. The van der Waals surface area contributed by atoms with Crippen molar-refractivity contribution in [1.29, 1.82) is 0 Å². The van der Waals surface area contributed by atoms with Crippen LogP contribution in [0.4, 0.5) is 0 Å². The van der Waals surface area contributed by atoms with Gasteiger partial charge in [0.25, 0.3) is 0 Å². The van der Waals surface area contributed by atoms with Crippen LogP contribution in [0.15, 0.2) is 91.0 Å². The molecule has 0 saturated heterocycles. The Morgan fingerprint density at radius 2 is 1.09 bits per heavy atom. The van der Waals surface area contributed by atoms with Crippen LogP contribution in [0.5, 0.6) is 0 Å². The lowest BCUT2D eigenvalue weighted by molar-refractivity contribution is 0.398. The van der Waals surface area contributed by atoms with Crippen LogP contribution < -0.4 is 0 Å². The first-order valence-corrected chi connectivity index (χ1v) is 18.1. The molecule has 0 unspecified atom stereocenters. The summed E-state index contributed by atoms with van der Waals surface area (Å²) in [6.45, 7) is 4.62. The van der Waals surface area contributed by atoms with Crippen LogP contribution >= 0.6 is 22.6 Å². The van der Waals surface area contributed by atoms with Gasteiger partial charge in [-0.05, 0) is 110 Å². The van der Waals surface area contributed by atoms with Crippen molar-refractivity contribution in [3.8, 4) is 23.0 Å². The van der Waals surface area contributed by atoms with E-state index in [4.69, 9.17) is 0 Å². The normalized spacial score (nSPS) is 13.1. The van der Waals surface area contributed by atoms with E-state index in [-0.39, 0.29) is 5.41 Å². The summed E-state index contributed by atoms with van der Waals surface area (Å²) in [6, 6.07) is 33.9. The van der Waals surface area contributed by atoms with E-state index in [1.54, 1.807) is 5.56 Å². The predicted octanol–water partition coefficient (Wildman–Crippen LogP) is 13.0. The largest absolute Gasteiger partial charge is 0.0654 e. The Hall–Kier alpha value is -3.09. The SMILES string of the molecule is CCCCCCCC1(CCCCCCC)c2cc(I)ccc2-c2ccc(C#Cc3c4ccccc4cc4ccccc34)cc21. The van der Waals surface area contributed by atoms with E-state index in [0.29, 0.717) is 0 Å². The Bertz CT molecular complexity index is 1750. The third kappa shape index (κ3) is 6.34. The fourth-order valence-electron chi connectivity index (χ4n) is 7.55. The molecule has 0 bridgehead atoms. The minimum atomic E-state index is 0.0775. The zero-order valence-corrected chi connectivity index (χ0v) is 28.7. The molecule has 224 valence electrons. The topological polar surface area (TPSA) is 0 Å². The molecule has 0 N–H and O–H groups in total. The second-order valence-corrected chi connectivity index (χ2v) is 14.1. The zero-order chi connectivity index (χ0) is 30.4. The van der Waals surface area contributed by atoms with Crippen molar-refractivity contribution in [3.63, 3.8) is 0 Å². The van der Waals surface area contributed by atoms with Crippen LogP contribution in [0.1, 0.15) is 113 Å². The maximum atomic E-state index is 3.68. The molecule has 0 spiro atoms. The van der Waals surface area contributed by atoms with E-state index >= 15 is 0 Å². The first-order valence-electron chi connectivity index (χ1n) is 17.0. The monoisotopic (exact) mass is 688 g/mol. The summed E-state index contributed by atoms with van der Waals surface area (Å²) in [5.74, 6) is 7.34. The van der Waals surface area contributed by atoms with Crippen LogP contribution in [0.25, 0.3) is 32.7 Å². The Kier molecular flexibility index (Phi) is 10.1. The molecule has 1 aliphatic carbocycles. The van der Waals surface area contributed by atoms with Crippen molar-refractivity contribution >= 4 is 44.1 Å². The third-order valence-corrected chi connectivity index (χ3v) is 10.5. The van der Waals surface area contributed by atoms with E-state index in [9.17, 15) is 0 Å². The second-order valence-electron chi connectivity index (χ2n) is 12.8. The standard InChI is InChI=1S/C43H45I/c1-3-5-7-9-15-27-43(28-16-10-8-6-4-2)41-29-32(22-25-39(41)40-26-23-35(44)31-42(40)43)21-24-38-36-19-13-11-17-33(36)30-34-18-12-14-20-37(34)38/h11-14,17-20,22-23,25-26,29-31H,3-10,15-16,27-28H2,1-2H3. The summed E-state index contributed by atoms with van der Waals surface area (Å²) < 4.78 is 1.35. The molecule has 5 aromatic rings. The molecular formula is C43H45I. The number of fused-ring (bicyclic) bond motifs is 5. The van der Waals surface area contributed by atoms with E-state index in [2.05, 4.69) is 139 Å². The lowest BCUT2D eigenvalue weighted by atomic mass is 9.70. The molecule has 0 nitrogen and oxygen atoms in total. The van der Waals surface area contributed by atoms with E-state index in [1.165, 1.54) is 119 Å². The van der Waals surface area contributed by atoms with Crippen LogP contribution in [0.3, 0.4) is 0 Å². The average molecular weight is 689 g/mol. The van der Waals surface area contributed by atoms with Crippen LogP contribution in [-0.2, 0) is 5.41 Å². The van der Waals surface area contributed by atoms with Gasteiger partial charge in [0.05, 0.1) is 0 Å². The Balaban J connectivity index is 1.43. The van der Waals surface area contributed by atoms with Crippen molar-refractivity contribution in [3.05, 3.63) is 117 Å². The third-order valence-electron chi connectivity index (χ3n) is 9.84. The fraction of sp³-hybridized carbons (Fsp3) is 0.349. The number of hydrogen-bond donors (Lipinski definition) is 0. The van der Waals surface area contributed by atoms with Gasteiger partial charge in [-0.25, -0.2) is 0 Å². The molecule has 0 aliphatic heterocycles. The van der Waals surface area contributed by atoms with Crippen LogP contribution in [0.2, 0.25) is 0 Å². The van der Waals surface area contributed by atoms with Gasteiger partial charge in [-0.2, -0.15) is 0 Å². The molecule has 0 fully saturated rings. The van der Waals surface area contributed by atoms with Gasteiger partial charge in [-0.3, -0.25) is 0 Å². The summed E-state index contributed by atoms with van der Waals surface area (Å²) in [7, 11) is 0. The van der Waals surface area contributed by atoms with Gasteiger partial charge >= 0.3 is 0 Å². The Morgan fingerprint density at radius 3 is 1.70 bits per heavy atom. The van der Waals surface area contributed by atoms with Gasteiger partial charge in [0.1, 0.15) is 0 Å². The minimum Gasteiger partial charge on any atom is -0.0654 e. The smallest absolute Gasteiger partial charge is 0.0405 e. The first kappa shape index (κ1) is 30.9. The number of halogens is 1. The molecular weight excluding hydrogens is 643 g/mol. The quantitative estimate of drug-likeness (QED) is 0.0530. The lowest BCUT2D eigenvalue weighted by Gasteiger charge is -2.33. The molecule has 0 aromatic heterocycles. The maximum absolute atomic E-state index is 3.68. The molecule has 44 heavy (non-hydrogen) atoms. The molecule has 5 aromatic carbocycles. The van der Waals surface area contributed by atoms with Gasteiger partial charge < -0.3 is 0 Å². The average Bonchev–Trinajstić information content (AvgIpc) is 3.31. The highest BCUT2D eigenvalue weighted by Gasteiger charge is 2.42. The number of benzene rings is 5. The molecule has 0 radical (unpaired) electrons. The van der Waals surface area contributed by atoms with Gasteiger partial charge in [-0.15, -0.1) is 0 Å². The van der Waals surface area contributed by atoms with E-state index in [0.717, 1.165) is 11.1 Å². The van der Waals surface area contributed by atoms with Crippen molar-refractivity contribution in [2.24, 2.45) is 0 Å². The number of hydrogen-bond acceptors (Lipinski definition) is 0. The maximum Gasteiger partial charge on any atom is 0.0405 e. The Morgan fingerprint density at radius 1 is 0.545 bits per heavy atom. The summed E-state index contributed by atoms with van der Waals surface area (Å²) in [5.41, 5.74) is 8.31. The zero-order valence-electron chi connectivity index (χ0n) is 26.5. The highest BCUT2D eigenvalue weighted by molar-refractivity contribution is 14.1. The molecule has 0 amide bonds. The fourth-order valence-corrected chi connectivity index (χ4v) is 8.04.